The molecule has 1 aromatic rings. The number of hydrogen-bond donors (Lipinski definition) is 1. The molecule has 1 unspecified atom stereocenters. The van der Waals surface area contributed by atoms with Crippen molar-refractivity contribution in [1.82, 2.24) is 15.5 Å². The molecule has 1 aliphatic heterocycles. The van der Waals surface area contributed by atoms with Gasteiger partial charge in [0.05, 0.1) is 12.8 Å². The summed E-state index contributed by atoms with van der Waals surface area (Å²) in [7, 11) is 1.60. The summed E-state index contributed by atoms with van der Waals surface area (Å²) in [5, 5.41) is 11.4. The van der Waals surface area contributed by atoms with Crippen molar-refractivity contribution >= 4 is 0 Å². The zero-order valence-corrected chi connectivity index (χ0v) is 8.36. The van der Waals surface area contributed by atoms with Gasteiger partial charge in [-0.1, -0.05) is 0 Å². The first-order valence-electron chi connectivity index (χ1n) is 4.96. The number of ether oxygens (including phenoxy) is 1. The maximum Gasteiger partial charge on any atom is 0.233 e. The molecule has 1 atom stereocenters. The zero-order chi connectivity index (χ0) is 9.80. The summed E-state index contributed by atoms with van der Waals surface area (Å²) in [5.41, 5.74) is 1.06. The Morgan fingerprint density at radius 2 is 2.43 bits per heavy atom. The number of aromatic nitrogens is 2. The lowest BCUT2D eigenvalue weighted by Crippen LogP contribution is -2.11. The van der Waals surface area contributed by atoms with Gasteiger partial charge < -0.3 is 10.1 Å². The summed E-state index contributed by atoms with van der Waals surface area (Å²) in [6.07, 6.45) is 2.26. The van der Waals surface area contributed by atoms with Crippen LogP contribution in [0.4, 0.5) is 0 Å². The van der Waals surface area contributed by atoms with Crippen molar-refractivity contribution in [1.29, 1.82) is 0 Å². The molecule has 1 saturated heterocycles. The van der Waals surface area contributed by atoms with E-state index in [1.165, 1.54) is 6.42 Å². The van der Waals surface area contributed by atoms with Crippen molar-refractivity contribution in [2.24, 2.45) is 5.92 Å². The molecule has 0 amide bonds. The van der Waals surface area contributed by atoms with E-state index in [0.29, 0.717) is 5.88 Å². The van der Waals surface area contributed by atoms with E-state index in [9.17, 15) is 0 Å². The van der Waals surface area contributed by atoms with Gasteiger partial charge >= 0.3 is 0 Å². The second-order valence-corrected chi connectivity index (χ2v) is 3.63. The van der Waals surface area contributed by atoms with Crippen LogP contribution in [-0.2, 0) is 6.42 Å². The van der Waals surface area contributed by atoms with Gasteiger partial charge in [0, 0.05) is 6.07 Å². The highest BCUT2D eigenvalue weighted by atomic mass is 16.5. The van der Waals surface area contributed by atoms with Gasteiger partial charge in [0.25, 0.3) is 0 Å². The number of nitrogens with one attached hydrogen (secondary N) is 1. The van der Waals surface area contributed by atoms with E-state index in [1.807, 2.05) is 12.1 Å². The minimum absolute atomic E-state index is 0.582. The molecule has 0 radical (unpaired) electrons. The number of rotatable bonds is 3. The maximum absolute atomic E-state index is 4.95. The first kappa shape index (κ1) is 9.40. The molecule has 0 spiro atoms. The Labute approximate surface area is 83.7 Å². The van der Waals surface area contributed by atoms with E-state index >= 15 is 0 Å². The molecule has 1 N–H and O–H groups in total. The van der Waals surface area contributed by atoms with E-state index in [-0.39, 0.29) is 0 Å². The van der Waals surface area contributed by atoms with Crippen molar-refractivity contribution in [2.75, 3.05) is 20.2 Å². The molecule has 1 aliphatic rings. The van der Waals surface area contributed by atoms with Gasteiger partial charge in [-0.2, -0.15) is 5.10 Å². The summed E-state index contributed by atoms with van der Waals surface area (Å²) in [6.45, 7) is 2.24. The average Bonchev–Trinajstić information content (AvgIpc) is 2.72. The van der Waals surface area contributed by atoms with Crippen molar-refractivity contribution in [3.63, 3.8) is 0 Å². The van der Waals surface area contributed by atoms with Crippen LogP contribution >= 0.6 is 0 Å². The van der Waals surface area contributed by atoms with Gasteiger partial charge in [-0.05, 0) is 37.9 Å². The predicted molar refractivity (Wildman–Crippen MR) is 53.3 cm³/mol. The molecule has 4 nitrogen and oxygen atoms in total. The lowest BCUT2D eigenvalue weighted by Gasteiger charge is -2.06. The van der Waals surface area contributed by atoms with Crippen molar-refractivity contribution in [3.05, 3.63) is 17.8 Å². The molecular formula is C10H15N3O. The van der Waals surface area contributed by atoms with E-state index < -0.39 is 0 Å². The molecule has 76 valence electrons. The van der Waals surface area contributed by atoms with Gasteiger partial charge in [-0.15, -0.1) is 5.10 Å². The topological polar surface area (TPSA) is 47.0 Å². The van der Waals surface area contributed by atoms with Crippen LogP contribution in [0.25, 0.3) is 0 Å². The average molecular weight is 193 g/mol. The maximum atomic E-state index is 4.95. The second kappa shape index (κ2) is 4.37. The van der Waals surface area contributed by atoms with Crippen LogP contribution in [0.1, 0.15) is 12.1 Å². The molecule has 0 saturated carbocycles. The summed E-state index contributed by atoms with van der Waals surface area (Å²) < 4.78 is 4.95. The summed E-state index contributed by atoms with van der Waals surface area (Å²) in [5.74, 6) is 1.30. The van der Waals surface area contributed by atoms with E-state index in [0.717, 1.165) is 31.1 Å². The van der Waals surface area contributed by atoms with Crippen LogP contribution in [0, 0.1) is 5.92 Å². The fraction of sp³-hybridized carbons (Fsp3) is 0.600. The first-order valence-corrected chi connectivity index (χ1v) is 4.96. The van der Waals surface area contributed by atoms with Crippen molar-refractivity contribution in [3.8, 4) is 5.88 Å². The predicted octanol–water partition coefficient (Wildman–Crippen LogP) is 0.637. The van der Waals surface area contributed by atoms with Crippen LogP contribution in [0.2, 0.25) is 0 Å². The molecule has 0 bridgehead atoms. The largest absolute Gasteiger partial charge is 0.480 e. The molecule has 4 heteroatoms. The standard InChI is InChI=1S/C10H15N3O/c1-14-10-3-2-9(12-13-10)6-8-4-5-11-7-8/h2-3,8,11H,4-7H2,1H3. The fourth-order valence-corrected chi connectivity index (χ4v) is 1.75. The lowest BCUT2D eigenvalue weighted by molar-refractivity contribution is 0.390. The highest BCUT2D eigenvalue weighted by molar-refractivity contribution is 5.11. The molecule has 1 aromatic heterocycles. The molecule has 1 fully saturated rings. The Hall–Kier alpha value is -1.16. The lowest BCUT2D eigenvalue weighted by atomic mass is 10.0. The molecular weight excluding hydrogens is 178 g/mol. The van der Waals surface area contributed by atoms with Crippen molar-refractivity contribution < 1.29 is 4.74 Å². The van der Waals surface area contributed by atoms with Gasteiger partial charge in [0.2, 0.25) is 5.88 Å². The van der Waals surface area contributed by atoms with Crippen molar-refractivity contribution in [2.45, 2.75) is 12.8 Å². The second-order valence-electron chi connectivity index (χ2n) is 3.63. The quantitative estimate of drug-likeness (QED) is 0.765. The molecule has 2 heterocycles. The minimum Gasteiger partial charge on any atom is -0.480 e. The summed E-state index contributed by atoms with van der Waals surface area (Å²) >= 11 is 0. The van der Waals surface area contributed by atoms with Crippen LogP contribution in [-0.4, -0.2) is 30.4 Å². The van der Waals surface area contributed by atoms with E-state index in [4.69, 9.17) is 4.74 Å². The SMILES string of the molecule is COc1ccc(CC2CCNC2)nn1. The number of hydrogen-bond acceptors (Lipinski definition) is 4. The molecule has 14 heavy (non-hydrogen) atoms. The Balaban J connectivity index is 1.95. The third kappa shape index (κ3) is 2.20. The first-order chi connectivity index (χ1) is 6.88. The molecule has 2 rings (SSSR count). The Kier molecular flexibility index (Phi) is 2.93. The Morgan fingerprint density at radius 1 is 1.50 bits per heavy atom. The fourth-order valence-electron chi connectivity index (χ4n) is 1.75. The van der Waals surface area contributed by atoms with Crippen LogP contribution < -0.4 is 10.1 Å². The third-order valence-corrected chi connectivity index (χ3v) is 2.56. The van der Waals surface area contributed by atoms with Gasteiger partial charge in [0.1, 0.15) is 0 Å². The monoisotopic (exact) mass is 193 g/mol. The highest BCUT2D eigenvalue weighted by Gasteiger charge is 2.15. The van der Waals surface area contributed by atoms with Crippen LogP contribution in [0.15, 0.2) is 12.1 Å². The van der Waals surface area contributed by atoms with Gasteiger partial charge in [-0.25, -0.2) is 0 Å². The van der Waals surface area contributed by atoms with Gasteiger partial charge in [0.15, 0.2) is 0 Å². The zero-order valence-electron chi connectivity index (χ0n) is 8.36. The Bertz CT molecular complexity index is 280. The summed E-state index contributed by atoms with van der Waals surface area (Å²) in [6, 6.07) is 3.86. The van der Waals surface area contributed by atoms with E-state index in [2.05, 4.69) is 15.5 Å². The highest BCUT2D eigenvalue weighted by Crippen LogP contribution is 2.14. The number of nitrogens with zero attached hydrogens (tertiary/aromatic N) is 2. The van der Waals surface area contributed by atoms with Gasteiger partial charge in [-0.3, -0.25) is 0 Å². The van der Waals surface area contributed by atoms with Crippen LogP contribution in [0.5, 0.6) is 5.88 Å². The third-order valence-electron chi connectivity index (χ3n) is 2.56. The summed E-state index contributed by atoms with van der Waals surface area (Å²) in [4.78, 5) is 0. The van der Waals surface area contributed by atoms with E-state index in [1.54, 1.807) is 7.11 Å². The minimum atomic E-state index is 0.582. The Morgan fingerprint density at radius 3 is 3.00 bits per heavy atom. The molecule has 0 aromatic carbocycles. The normalized spacial score (nSPS) is 21.1. The molecule has 0 aliphatic carbocycles. The smallest absolute Gasteiger partial charge is 0.233 e. The number of methoxy groups -OCH3 is 1. The van der Waals surface area contributed by atoms with Crippen LogP contribution in [0.3, 0.4) is 0 Å².